The lowest BCUT2D eigenvalue weighted by Crippen LogP contribution is -2.27. The Morgan fingerprint density at radius 3 is 2.48 bits per heavy atom. The molecule has 124 valence electrons. The van der Waals surface area contributed by atoms with Crippen LogP contribution in [0.15, 0.2) is 36.5 Å². The predicted molar refractivity (Wildman–Crippen MR) is 95.9 cm³/mol. The Hall–Kier alpha value is -2.17. The molecule has 0 aliphatic carbocycles. The van der Waals surface area contributed by atoms with Crippen LogP contribution >= 0.6 is 0 Å². The third kappa shape index (κ3) is 5.85. The van der Waals surface area contributed by atoms with E-state index in [1.165, 1.54) is 5.56 Å². The second kappa shape index (κ2) is 9.77. The lowest BCUT2D eigenvalue weighted by molar-refractivity contribution is 0.709. The molecule has 23 heavy (non-hydrogen) atoms. The van der Waals surface area contributed by atoms with Crippen LogP contribution in [0.2, 0.25) is 0 Å². The molecule has 1 heterocycles. The summed E-state index contributed by atoms with van der Waals surface area (Å²) in [6.07, 6.45) is 5.99. The average Bonchev–Trinajstić information content (AvgIpc) is 2.60. The molecule has 0 saturated heterocycles. The van der Waals surface area contributed by atoms with Crippen molar-refractivity contribution in [3.63, 3.8) is 0 Å². The number of anilines is 2. The van der Waals surface area contributed by atoms with Gasteiger partial charge < -0.3 is 10.2 Å². The molecule has 5 nitrogen and oxygen atoms in total. The van der Waals surface area contributed by atoms with Gasteiger partial charge in [0.05, 0.1) is 6.20 Å². The van der Waals surface area contributed by atoms with E-state index in [4.69, 9.17) is 0 Å². The molecule has 0 aliphatic heterocycles. The summed E-state index contributed by atoms with van der Waals surface area (Å²) in [5.74, 6) is 1.53. The monoisotopic (exact) mass is 313 g/mol. The molecular formula is C18H27N5. The highest BCUT2D eigenvalue weighted by molar-refractivity contribution is 5.38. The van der Waals surface area contributed by atoms with Crippen LogP contribution in [0.4, 0.5) is 11.8 Å². The van der Waals surface area contributed by atoms with Crippen molar-refractivity contribution in [2.24, 2.45) is 0 Å². The summed E-state index contributed by atoms with van der Waals surface area (Å²) in [4.78, 5) is 6.79. The van der Waals surface area contributed by atoms with E-state index < -0.39 is 0 Å². The molecule has 0 atom stereocenters. The van der Waals surface area contributed by atoms with Crippen LogP contribution in [0.3, 0.4) is 0 Å². The Morgan fingerprint density at radius 2 is 1.78 bits per heavy atom. The molecule has 0 radical (unpaired) electrons. The summed E-state index contributed by atoms with van der Waals surface area (Å²) in [6.45, 7) is 7.15. The van der Waals surface area contributed by atoms with Gasteiger partial charge in [-0.1, -0.05) is 44.2 Å². The molecule has 1 aromatic carbocycles. The normalized spacial score (nSPS) is 10.5. The van der Waals surface area contributed by atoms with E-state index in [9.17, 15) is 0 Å². The smallest absolute Gasteiger partial charge is 0.247 e. The summed E-state index contributed by atoms with van der Waals surface area (Å²) >= 11 is 0. The van der Waals surface area contributed by atoms with E-state index in [1.54, 1.807) is 6.20 Å². The molecule has 2 rings (SSSR count). The molecule has 5 heteroatoms. The predicted octanol–water partition coefficient (Wildman–Crippen LogP) is 3.54. The molecule has 0 spiro atoms. The number of rotatable bonds is 10. The van der Waals surface area contributed by atoms with E-state index in [0.29, 0.717) is 0 Å². The highest BCUT2D eigenvalue weighted by Crippen LogP contribution is 2.11. The van der Waals surface area contributed by atoms with Crippen molar-refractivity contribution < 1.29 is 0 Å². The number of benzene rings is 1. The van der Waals surface area contributed by atoms with Crippen LogP contribution in [0, 0.1) is 0 Å². The lowest BCUT2D eigenvalue weighted by Gasteiger charge is -2.20. The summed E-state index contributed by atoms with van der Waals surface area (Å²) in [6, 6.07) is 10.5. The number of nitrogens with one attached hydrogen (secondary N) is 1. The fourth-order valence-corrected chi connectivity index (χ4v) is 2.52. The van der Waals surface area contributed by atoms with Crippen molar-refractivity contribution in [2.45, 2.75) is 39.5 Å². The minimum absolute atomic E-state index is 0.724. The van der Waals surface area contributed by atoms with Crippen LogP contribution < -0.4 is 10.2 Å². The molecular weight excluding hydrogens is 286 g/mol. The molecule has 1 N–H and O–H groups in total. The van der Waals surface area contributed by atoms with Crippen LogP contribution in [0.1, 0.15) is 38.7 Å². The maximum Gasteiger partial charge on any atom is 0.247 e. The van der Waals surface area contributed by atoms with Crippen molar-refractivity contribution in [1.82, 2.24) is 15.2 Å². The fraction of sp³-hybridized carbons (Fsp3) is 0.500. The molecule has 0 saturated carbocycles. The third-order valence-electron chi connectivity index (χ3n) is 3.61. The van der Waals surface area contributed by atoms with Crippen LogP contribution in [-0.4, -0.2) is 34.8 Å². The van der Waals surface area contributed by atoms with Gasteiger partial charge in [-0.25, -0.2) is 0 Å². The van der Waals surface area contributed by atoms with Crippen molar-refractivity contribution in [3.05, 3.63) is 42.1 Å². The molecule has 0 fully saturated rings. The molecule has 2 aromatic rings. The zero-order valence-corrected chi connectivity index (χ0v) is 14.2. The number of aryl methyl sites for hydroxylation is 1. The first-order valence-electron chi connectivity index (χ1n) is 8.56. The summed E-state index contributed by atoms with van der Waals surface area (Å²) < 4.78 is 0. The third-order valence-corrected chi connectivity index (χ3v) is 3.61. The van der Waals surface area contributed by atoms with E-state index in [-0.39, 0.29) is 0 Å². The zero-order chi connectivity index (χ0) is 16.3. The Balaban J connectivity index is 1.84. The van der Waals surface area contributed by atoms with Gasteiger partial charge in [-0.2, -0.15) is 10.1 Å². The Labute approximate surface area is 139 Å². The standard InChI is InChI=1S/C18H27N5/c1-3-13-23(14-4-2)18-21-17(15-20-22-18)19-12-8-11-16-9-6-5-7-10-16/h5-7,9-10,15H,3-4,8,11-14H2,1-2H3,(H,19,21,22). The SMILES string of the molecule is CCCN(CCC)c1nncc(NCCCc2ccccc2)n1. The highest BCUT2D eigenvalue weighted by Gasteiger charge is 2.09. The van der Waals surface area contributed by atoms with Gasteiger partial charge in [0.25, 0.3) is 0 Å². The number of hydrogen-bond donors (Lipinski definition) is 1. The first-order chi connectivity index (χ1) is 11.3. The van der Waals surface area contributed by atoms with Gasteiger partial charge in [0, 0.05) is 19.6 Å². The largest absolute Gasteiger partial charge is 0.369 e. The molecule has 0 amide bonds. The quantitative estimate of drug-likeness (QED) is 0.680. The first-order valence-corrected chi connectivity index (χ1v) is 8.56. The average molecular weight is 313 g/mol. The Kier molecular flexibility index (Phi) is 7.30. The minimum atomic E-state index is 0.724. The summed E-state index contributed by atoms with van der Waals surface area (Å²) in [7, 11) is 0. The lowest BCUT2D eigenvalue weighted by atomic mass is 10.1. The maximum absolute atomic E-state index is 4.60. The minimum Gasteiger partial charge on any atom is -0.369 e. The number of aromatic nitrogens is 3. The Morgan fingerprint density at radius 1 is 1.04 bits per heavy atom. The van der Waals surface area contributed by atoms with Gasteiger partial charge in [-0.3, -0.25) is 0 Å². The molecule has 0 unspecified atom stereocenters. The van der Waals surface area contributed by atoms with E-state index in [1.807, 2.05) is 6.07 Å². The van der Waals surface area contributed by atoms with Gasteiger partial charge in [-0.15, -0.1) is 5.10 Å². The first kappa shape index (κ1) is 17.2. The van der Waals surface area contributed by atoms with Crippen molar-refractivity contribution >= 4 is 11.8 Å². The van der Waals surface area contributed by atoms with Gasteiger partial charge in [0.1, 0.15) is 0 Å². The van der Waals surface area contributed by atoms with Crippen molar-refractivity contribution in [3.8, 4) is 0 Å². The number of nitrogens with zero attached hydrogens (tertiary/aromatic N) is 4. The van der Waals surface area contributed by atoms with Gasteiger partial charge in [0.2, 0.25) is 5.95 Å². The zero-order valence-electron chi connectivity index (χ0n) is 14.2. The maximum atomic E-state index is 4.60. The van der Waals surface area contributed by atoms with Crippen molar-refractivity contribution in [1.29, 1.82) is 0 Å². The van der Waals surface area contributed by atoms with Gasteiger partial charge in [0.15, 0.2) is 5.82 Å². The highest BCUT2D eigenvalue weighted by atomic mass is 15.3. The van der Waals surface area contributed by atoms with Crippen LogP contribution in [-0.2, 0) is 6.42 Å². The topological polar surface area (TPSA) is 53.9 Å². The number of hydrogen-bond acceptors (Lipinski definition) is 5. The molecule has 1 aromatic heterocycles. The van der Waals surface area contributed by atoms with Crippen molar-refractivity contribution in [2.75, 3.05) is 29.9 Å². The molecule has 0 bridgehead atoms. The Bertz CT molecular complexity index is 552. The van der Waals surface area contributed by atoms with E-state index in [0.717, 1.165) is 57.1 Å². The van der Waals surface area contributed by atoms with Gasteiger partial charge >= 0.3 is 0 Å². The van der Waals surface area contributed by atoms with E-state index in [2.05, 4.69) is 63.5 Å². The summed E-state index contributed by atoms with van der Waals surface area (Å²) in [5.41, 5.74) is 1.37. The van der Waals surface area contributed by atoms with Crippen LogP contribution in [0.25, 0.3) is 0 Å². The van der Waals surface area contributed by atoms with Gasteiger partial charge in [-0.05, 0) is 31.2 Å². The second-order valence-corrected chi connectivity index (χ2v) is 5.64. The molecule has 0 aliphatic rings. The fourth-order valence-electron chi connectivity index (χ4n) is 2.52. The van der Waals surface area contributed by atoms with E-state index >= 15 is 0 Å². The van der Waals surface area contributed by atoms with Crippen LogP contribution in [0.5, 0.6) is 0 Å². The second-order valence-electron chi connectivity index (χ2n) is 5.64. The summed E-state index contributed by atoms with van der Waals surface area (Å²) in [5, 5.41) is 11.6.